The zero-order chi connectivity index (χ0) is 18.8. The van der Waals surface area contributed by atoms with Crippen molar-refractivity contribution in [3.05, 3.63) is 65.1 Å². The van der Waals surface area contributed by atoms with Gasteiger partial charge in [-0.15, -0.1) is 10.2 Å². The van der Waals surface area contributed by atoms with Crippen molar-refractivity contribution in [2.24, 2.45) is 0 Å². The zero-order valence-electron chi connectivity index (χ0n) is 14.4. The third-order valence-corrected chi connectivity index (χ3v) is 4.09. The highest BCUT2D eigenvalue weighted by atomic mass is 19.1. The smallest absolute Gasteiger partial charge is 0.161 e. The van der Waals surface area contributed by atoms with Gasteiger partial charge in [-0.1, -0.05) is 18.2 Å². The summed E-state index contributed by atoms with van der Waals surface area (Å²) in [5.41, 5.74) is 2.10. The topological polar surface area (TPSA) is 82.3 Å². The number of benzene rings is 2. The molecule has 0 aliphatic carbocycles. The second kappa shape index (κ2) is 7.08. The van der Waals surface area contributed by atoms with Crippen LogP contribution in [0.5, 0.6) is 0 Å². The van der Waals surface area contributed by atoms with Crippen molar-refractivity contribution in [1.82, 2.24) is 30.7 Å². The summed E-state index contributed by atoms with van der Waals surface area (Å²) in [6, 6.07) is 9.36. The van der Waals surface area contributed by atoms with E-state index < -0.39 is 5.82 Å². The fourth-order valence-corrected chi connectivity index (χ4v) is 2.82. The van der Waals surface area contributed by atoms with E-state index >= 15 is 0 Å². The van der Waals surface area contributed by atoms with Crippen LogP contribution in [0.2, 0.25) is 0 Å². The maximum absolute atomic E-state index is 14.5. The molecule has 0 bridgehead atoms. The molecule has 6 nitrogen and oxygen atoms in total. The van der Waals surface area contributed by atoms with Crippen LogP contribution in [0.25, 0.3) is 34.4 Å². The van der Waals surface area contributed by atoms with Gasteiger partial charge in [0.2, 0.25) is 0 Å². The summed E-state index contributed by atoms with van der Waals surface area (Å²) < 4.78 is 27.8. The van der Waals surface area contributed by atoms with Crippen LogP contribution in [-0.4, -0.2) is 32.4 Å². The lowest BCUT2D eigenvalue weighted by molar-refractivity contribution is 0.627. The van der Waals surface area contributed by atoms with Crippen LogP contribution >= 0.6 is 0 Å². The lowest BCUT2D eigenvalue weighted by Gasteiger charge is -1.99. The molecule has 0 saturated heterocycles. The van der Waals surface area contributed by atoms with Crippen LogP contribution in [0, 0.1) is 11.6 Å². The van der Waals surface area contributed by atoms with Crippen molar-refractivity contribution in [3.63, 3.8) is 0 Å². The molecular weight excluding hydrogens is 350 g/mol. The first kappa shape index (κ1) is 17.0. The first-order valence-electron chi connectivity index (χ1n) is 8.32. The van der Waals surface area contributed by atoms with Crippen molar-refractivity contribution < 1.29 is 8.78 Å². The predicted molar refractivity (Wildman–Crippen MR) is 99.5 cm³/mol. The molecule has 2 aromatic carbocycles. The van der Waals surface area contributed by atoms with E-state index in [1.807, 2.05) is 0 Å². The third kappa shape index (κ3) is 3.47. The zero-order valence-corrected chi connectivity index (χ0v) is 14.4. The minimum atomic E-state index is -0.438. The Labute approximate surface area is 153 Å². The Morgan fingerprint density at radius 3 is 2.81 bits per heavy atom. The van der Waals surface area contributed by atoms with E-state index in [2.05, 4.69) is 30.7 Å². The van der Waals surface area contributed by atoms with Crippen LogP contribution in [0.4, 0.5) is 8.78 Å². The summed E-state index contributed by atoms with van der Waals surface area (Å²) in [6.45, 7) is 0.533. The molecule has 2 aromatic heterocycles. The number of aromatic amines is 2. The molecule has 8 heteroatoms. The number of nitrogens with one attached hydrogen (secondary N) is 3. The average Bonchev–Trinajstić information content (AvgIpc) is 3.28. The molecule has 3 N–H and O–H groups in total. The highest BCUT2D eigenvalue weighted by Gasteiger charge is 2.13. The van der Waals surface area contributed by atoms with Gasteiger partial charge in [0.25, 0.3) is 0 Å². The summed E-state index contributed by atoms with van der Waals surface area (Å²) in [5.74, 6) is 0.376. The number of halogens is 2. The Balaban J connectivity index is 1.73. The van der Waals surface area contributed by atoms with Gasteiger partial charge in [0, 0.05) is 10.9 Å². The van der Waals surface area contributed by atoms with Gasteiger partial charge in [0.15, 0.2) is 5.82 Å². The lowest BCUT2D eigenvalue weighted by atomic mass is 10.1. The summed E-state index contributed by atoms with van der Waals surface area (Å²) in [5, 5.41) is 18.5. The molecule has 4 rings (SSSR count). The third-order valence-electron chi connectivity index (χ3n) is 4.09. The minimum Gasteiger partial charge on any atom is -0.324 e. The molecule has 0 saturated carbocycles. The molecule has 0 aliphatic rings. The normalized spacial score (nSPS) is 11.7. The van der Waals surface area contributed by atoms with E-state index in [1.54, 1.807) is 37.4 Å². The van der Waals surface area contributed by atoms with E-state index in [4.69, 9.17) is 0 Å². The maximum atomic E-state index is 14.5. The van der Waals surface area contributed by atoms with Gasteiger partial charge in [-0.05, 0) is 43.0 Å². The molecule has 0 amide bonds. The second-order valence-corrected chi connectivity index (χ2v) is 6.03. The molecule has 4 aromatic rings. The highest BCUT2D eigenvalue weighted by molar-refractivity contribution is 5.92. The van der Waals surface area contributed by atoms with Crippen molar-refractivity contribution in [3.8, 4) is 11.4 Å². The minimum absolute atomic E-state index is 0.299. The Morgan fingerprint density at radius 2 is 2.00 bits per heavy atom. The molecule has 0 radical (unpaired) electrons. The van der Waals surface area contributed by atoms with Gasteiger partial charge >= 0.3 is 0 Å². The Morgan fingerprint density at radius 1 is 1.11 bits per heavy atom. The summed E-state index contributed by atoms with van der Waals surface area (Å²) in [4.78, 5) is 3.06. The van der Waals surface area contributed by atoms with Crippen molar-refractivity contribution in [2.75, 3.05) is 7.05 Å². The van der Waals surface area contributed by atoms with Crippen molar-refractivity contribution >= 4 is 23.1 Å². The summed E-state index contributed by atoms with van der Waals surface area (Å²) in [6.07, 6.45) is 3.44. The van der Waals surface area contributed by atoms with Crippen molar-refractivity contribution in [1.29, 1.82) is 0 Å². The number of hydrogen-bond donors (Lipinski definition) is 3. The fourth-order valence-electron chi connectivity index (χ4n) is 2.82. The van der Waals surface area contributed by atoms with Crippen LogP contribution < -0.4 is 5.32 Å². The van der Waals surface area contributed by atoms with Gasteiger partial charge in [-0.25, -0.2) is 8.78 Å². The molecule has 0 fully saturated rings. The summed E-state index contributed by atoms with van der Waals surface area (Å²) >= 11 is 0. The summed E-state index contributed by atoms with van der Waals surface area (Å²) in [7, 11) is 1.80. The predicted octanol–water partition coefficient (Wildman–Crippen LogP) is 3.52. The number of fused-ring (bicyclic) bond motifs is 1. The van der Waals surface area contributed by atoms with Crippen LogP contribution in [0.3, 0.4) is 0 Å². The van der Waals surface area contributed by atoms with E-state index in [0.717, 1.165) is 0 Å². The maximum Gasteiger partial charge on any atom is 0.161 e. The Bertz CT molecular complexity index is 1130. The first-order valence-corrected chi connectivity index (χ1v) is 8.32. The number of rotatable bonds is 5. The van der Waals surface area contributed by atoms with Crippen LogP contribution in [0.15, 0.2) is 36.4 Å². The Hall–Kier alpha value is -3.39. The average molecular weight is 366 g/mol. The van der Waals surface area contributed by atoms with Gasteiger partial charge in [-0.2, -0.15) is 5.10 Å². The van der Waals surface area contributed by atoms with Crippen LogP contribution in [-0.2, 0) is 6.54 Å². The Kier molecular flexibility index (Phi) is 4.47. The fraction of sp³-hybridized carbons (Fsp3) is 0.105. The number of nitrogens with zero attached hydrogens (tertiary/aromatic N) is 3. The largest absolute Gasteiger partial charge is 0.324 e. The molecular formula is C19H16F2N6. The lowest BCUT2D eigenvalue weighted by Crippen LogP contribution is -2.06. The van der Waals surface area contributed by atoms with E-state index in [9.17, 15) is 8.78 Å². The van der Waals surface area contributed by atoms with Gasteiger partial charge in [0.1, 0.15) is 23.0 Å². The first-order chi connectivity index (χ1) is 13.1. The molecule has 0 atom stereocenters. The molecule has 136 valence electrons. The number of hydrogen-bond acceptors (Lipinski definition) is 4. The highest BCUT2D eigenvalue weighted by Crippen LogP contribution is 2.27. The molecule has 27 heavy (non-hydrogen) atoms. The van der Waals surface area contributed by atoms with Crippen molar-refractivity contribution in [2.45, 2.75) is 6.54 Å². The van der Waals surface area contributed by atoms with Gasteiger partial charge in [-0.3, -0.25) is 5.10 Å². The van der Waals surface area contributed by atoms with Gasteiger partial charge < -0.3 is 10.3 Å². The van der Waals surface area contributed by atoms with E-state index in [1.165, 1.54) is 18.2 Å². The van der Waals surface area contributed by atoms with Gasteiger partial charge in [0.05, 0.1) is 12.2 Å². The molecule has 0 unspecified atom stereocenters. The quantitative estimate of drug-likeness (QED) is 0.505. The standard InChI is InChI=1S/C19H16F2N6/c1-22-10-17-23-19(27-25-17)12-8-14-16(24-26-18(14)15(21)9-12)6-5-11-3-2-4-13(20)7-11/h2-9,22H,10H2,1H3,(H,24,26)(H,23,25,27)/b6-5+. The van der Waals surface area contributed by atoms with E-state index in [-0.39, 0.29) is 5.82 Å². The number of aromatic nitrogens is 5. The van der Waals surface area contributed by atoms with E-state index in [0.29, 0.717) is 45.9 Å². The SMILES string of the molecule is CNCc1nnc(-c2cc(F)c3[nH]nc(/C=C/c4cccc(F)c4)c3c2)[nH]1. The monoisotopic (exact) mass is 366 g/mol. The molecule has 2 heterocycles. The van der Waals surface area contributed by atoms with Crippen LogP contribution in [0.1, 0.15) is 17.1 Å². The number of H-pyrrole nitrogens is 2. The molecule has 0 spiro atoms. The second-order valence-electron chi connectivity index (χ2n) is 6.03. The molecule has 0 aliphatic heterocycles.